The Morgan fingerprint density at radius 1 is 1.44 bits per heavy atom. The van der Waals surface area contributed by atoms with Crippen LogP contribution in [0.15, 0.2) is 24.3 Å². The molecular weight excluding hydrogens is 346 g/mol. The number of benzene rings is 1. The Bertz CT molecular complexity index is 993. The van der Waals surface area contributed by atoms with E-state index in [4.69, 9.17) is 13.0 Å². The first kappa shape index (κ1) is 12.7. The van der Waals surface area contributed by atoms with Crippen molar-refractivity contribution in [1.29, 1.82) is 0 Å². The van der Waals surface area contributed by atoms with Gasteiger partial charge in [0, 0.05) is 27.1 Å². The van der Waals surface area contributed by atoms with Gasteiger partial charge in [0.15, 0.2) is 11.5 Å². The number of nitrogens with zero attached hydrogens (tertiary/aromatic N) is 1. The molecule has 2 aliphatic heterocycles. The number of likely N-dealkylation sites (N-methyl/N-ethyl adjacent to an activating group) is 1. The van der Waals surface area contributed by atoms with Gasteiger partial charge in [0.1, 0.15) is 12.2 Å². The number of hydrogen-bond acceptors (Lipinski definition) is 6. The van der Waals surface area contributed by atoms with Crippen molar-refractivity contribution in [3.8, 4) is 11.5 Å². The van der Waals surface area contributed by atoms with Crippen LogP contribution in [0.4, 0.5) is 0 Å². The number of ether oxygens (including phenoxy) is 1. The van der Waals surface area contributed by atoms with E-state index in [1.165, 1.54) is 17.0 Å². The van der Waals surface area contributed by atoms with Gasteiger partial charge in [-0.15, -0.1) is 0 Å². The first-order chi connectivity index (χ1) is 13.0. The molecule has 7 nitrogen and oxygen atoms in total. The number of phenolic OH excluding ortho intramolecular Hbond substituents is 1. The molecule has 2 bridgehead atoms. The fraction of sp³-hybridized carbons (Fsp3) is 0.529. The second-order valence-electron chi connectivity index (χ2n) is 7.14. The summed E-state index contributed by atoms with van der Waals surface area (Å²) in [6, 6.07) is 2.95. The number of piperidine rings is 1. The summed E-state index contributed by atoms with van der Waals surface area (Å²) >= 11 is 0. The van der Waals surface area contributed by atoms with Crippen molar-refractivity contribution in [2.24, 2.45) is 5.92 Å². The van der Waals surface area contributed by atoms with E-state index in [0.29, 0.717) is 18.6 Å². The maximum atomic E-state index is 11.4. The minimum Gasteiger partial charge on any atom is -0.504 e. The van der Waals surface area contributed by atoms with Crippen LogP contribution in [-0.4, -0.2) is 54.7 Å². The molecule has 134 valence electrons. The summed E-state index contributed by atoms with van der Waals surface area (Å²) in [4.78, 5) is 1.52. The highest BCUT2D eigenvalue weighted by Crippen LogP contribution is 2.62. The van der Waals surface area contributed by atoms with Crippen LogP contribution in [0.5, 0.6) is 11.5 Å². The number of likely N-dealkylation sites (tertiary alicyclic amines) is 1. The summed E-state index contributed by atoms with van der Waals surface area (Å²) in [7, 11) is -4.73. The molecule has 1 saturated heterocycles. The van der Waals surface area contributed by atoms with Crippen LogP contribution in [0.1, 0.15) is 21.7 Å². The quantitative estimate of drug-likeness (QED) is 0.594. The van der Waals surface area contributed by atoms with E-state index in [0.717, 1.165) is 11.1 Å². The molecule has 2 N–H and O–H groups in total. The molecule has 2 aliphatic carbocycles. The predicted molar refractivity (Wildman–Crippen MR) is 88.0 cm³/mol. The molecule has 2 heterocycles. The molecule has 5 atom stereocenters. The Hall–Kier alpha value is -1.61. The lowest BCUT2D eigenvalue weighted by molar-refractivity contribution is -0.0389. The third-order valence-electron chi connectivity index (χ3n) is 6.09. The number of aromatic hydroxyl groups is 1. The van der Waals surface area contributed by atoms with Crippen molar-refractivity contribution in [2.45, 2.75) is 36.5 Å². The van der Waals surface area contributed by atoms with Crippen molar-refractivity contribution in [2.75, 3.05) is 13.5 Å². The maximum absolute atomic E-state index is 11.4. The smallest absolute Gasteiger partial charge is 0.398 e. The normalized spacial score (nSPS) is 40.6. The topological polar surface area (TPSA) is 96.3 Å². The van der Waals surface area contributed by atoms with Gasteiger partial charge in [0.25, 0.3) is 0 Å². The lowest BCUT2D eigenvalue weighted by Gasteiger charge is -2.56. The van der Waals surface area contributed by atoms with E-state index in [2.05, 4.69) is 0 Å². The number of rotatable bonds is 2. The third kappa shape index (κ3) is 1.93. The molecule has 0 unspecified atom stereocenters. The summed E-state index contributed by atoms with van der Waals surface area (Å²) in [6.45, 7) is -1.98. The monoisotopic (exact) mass is 368 g/mol. The van der Waals surface area contributed by atoms with E-state index in [1.807, 2.05) is 0 Å². The second-order valence-corrected chi connectivity index (χ2v) is 8.19. The second kappa shape index (κ2) is 4.76. The van der Waals surface area contributed by atoms with E-state index >= 15 is 0 Å². The lowest BCUT2D eigenvalue weighted by Crippen LogP contribution is -2.65. The number of phenols is 1. The van der Waals surface area contributed by atoms with Crippen molar-refractivity contribution in [3.63, 3.8) is 0 Å². The Morgan fingerprint density at radius 2 is 2.28 bits per heavy atom. The largest absolute Gasteiger partial charge is 0.504 e. The van der Waals surface area contributed by atoms with Crippen LogP contribution < -0.4 is 4.74 Å². The van der Waals surface area contributed by atoms with Gasteiger partial charge in [-0.25, -0.2) is 4.18 Å². The molecule has 0 aromatic heterocycles. The first-order valence-corrected chi connectivity index (χ1v) is 9.51. The average molecular weight is 368 g/mol. The van der Waals surface area contributed by atoms with Crippen molar-refractivity contribution >= 4 is 10.4 Å². The Kier molecular flexibility index (Phi) is 2.42. The molecule has 0 amide bonds. The van der Waals surface area contributed by atoms with Gasteiger partial charge in [-0.2, -0.15) is 8.42 Å². The molecule has 25 heavy (non-hydrogen) atoms. The molecule has 0 radical (unpaired) electrons. The zero-order chi connectivity index (χ0) is 20.1. The van der Waals surface area contributed by atoms with Crippen LogP contribution >= 0.6 is 0 Å². The summed E-state index contributed by atoms with van der Waals surface area (Å²) in [5.41, 5.74) is 0.960. The van der Waals surface area contributed by atoms with E-state index in [-0.39, 0.29) is 24.3 Å². The third-order valence-corrected chi connectivity index (χ3v) is 6.55. The summed E-state index contributed by atoms with van der Waals surface area (Å²) in [5.74, 6) is -0.00650. The molecule has 0 saturated carbocycles. The molecule has 1 spiro atoms. The van der Waals surface area contributed by atoms with Gasteiger partial charge in [0.2, 0.25) is 0 Å². The molecule has 1 aromatic rings. The molecule has 4 aliphatic rings. The van der Waals surface area contributed by atoms with Crippen molar-refractivity contribution < 1.29 is 31.1 Å². The summed E-state index contributed by atoms with van der Waals surface area (Å²) < 4.78 is 66.6. The molecule has 1 fully saturated rings. The predicted octanol–water partition coefficient (Wildman–Crippen LogP) is 1.03. The Labute approximate surface area is 150 Å². The maximum Gasteiger partial charge on any atom is 0.398 e. The highest BCUT2D eigenvalue weighted by Gasteiger charge is 2.65. The van der Waals surface area contributed by atoms with Crippen molar-refractivity contribution in [1.82, 2.24) is 4.90 Å². The Balaban J connectivity index is 1.71. The van der Waals surface area contributed by atoms with Gasteiger partial charge in [-0.3, -0.25) is 4.55 Å². The summed E-state index contributed by atoms with van der Waals surface area (Å²) in [5, 5.41) is 10.4. The van der Waals surface area contributed by atoms with Crippen LogP contribution in [0, 0.1) is 5.92 Å². The first-order valence-electron chi connectivity index (χ1n) is 9.65. The molecule has 5 rings (SSSR count). The zero-order valence-electron chi connectivity index (χ0n) is 16.1. The standard InChI is InChI=1S/C17H19NO6S/c1-18-7-6-17-10-3-5-13(24-25(20,21)22)16(17)23-15-12(19)4-2-9(14(15)17)8-11(10)18/h2-5,10-11,13,16,19H,6-8H2,1H3,(H,20,21,22)/t10-,11+,13-,16-,17-/m0/s1/i1D3. The average Bonchev–Trinajstić information content (AvgIpc) is 2.90. The molecule has 1 aromatic carbocycles. The lowest BCUT2D eigenvalue weighted by atomic mass is 9.53. The SMILES string of the molecule is [2H]C([2H])([2H])N1CC[C@]23c4c5ccc(O)c4O[C@H]2[C@@H](OS(=O)(=O)O)C=C[C@H]3[C@H]1C5. The van der Waals surface area contributed by atoms with Gasteiger partial charge < -0.3 is 14.7 Å². The van der Waals surface area contributed by atoms with Gasteiger partial charge in [0.05, 0.1) is 0 Å². The van der Waals surface area contributed by atoms with Crippen molar-refractivity contribution in [3.05, 3.63) is 35.4 Å². The van der Waals surface area contributed by atoms with E-state index < -0.39 is 35.0 Å². The number of hydrogen-bond donors (Lipinski definition) is 2. The molecular formula is C17H19NO6S. The minimum atomic E-state index is -4.73. The fourth-order valence-corrected chi connectivity index (χ4v) is 5.71. The Morgan fingerprint density at radius 3 is 3.04 bits per heavy atom. The molecule has 8 heteroatoms. The van der Waals surface area contributed by atoms with E-state index in [1.54, 1.807) is 12.1 Å². The van der Waals surface area contributed by atoms with Crippen LogP contribution in [0.2, 0.25) is 0 Å². The van der Waals surface area contributed by atoms with Crippen LogP contribution in [0.3, 0.4) is 0 Å². The minimum absolute atomic E-state index is 0.0522. The van der Waals surface area contributed by atoms with Crippen LogP contribution in [-0.2, 0) is 26.4 Å². The van der Waals surface area contributed by atoms with Crippen LogP contribution in [0.25, 0.3) is 0 Å². The highest BCUT2D eigenvalue weighted by atomic mass is 32.3. The fourth-order valence-electron chi connectivity index (χ4n) is 5.26. The zero-order valence-corrected chi connectivity index (χ0v) is 13.9. The van der Waals surface area contributed by atoms with Gasteiger partial charge in [-0.05, 0) is 38.0 Å². The van der Waals surface area contributed by atoms with Gasteiger partial charge in [-0.1, -0.05) is 18.2 Å². The van der Waals surface area contributed by atoms with E-state index in [9.17, 15) is 18.1 Å². The van der Waals surface area contributed by atoms with Gasteiger partial charge >= 0.3 is 10.4 Å². The summed E-state index contributed by atoms with van der Waals surface area (Å²) in [6.07, 6.45) is 2.29. The highest BCUT2D eigenvalue weighted by molar-refractivity contribution is 7.80.